The Morgan fingerprint density at radius 3 is 2.44 bits per heavy atom. The first kappa shape index (κ1) is 29.8. The van der Waals surface area contributed by atoms with Crippen molar-refractivity contribution < 1.29 is 27.5 Å². The predicted molar refractivity (Wildman–Crippen MR) is 150 cm³/mol. The second-order valence-corrected chi connectivity index (χ2v) is 10.1. The maximum Gasteiger partial charge on any atom is 0.490 e. The molecule has 43 heavy (non-hydrogen) atoms. The van der Waals surface area contributed by atoms with Gasteiger partial charge in [-0.1, -0.05) is 54.1 Å². The lowest BCUT2D eigenvalue weighted by Crippen LogP contribution is -2.54. The normalized spacial score (nSPS) is 15.5. The smallest absolute Gasteiger partial charge is 0.438 e. The van der Waals surface area contributed by atoms with Gasteiger partial charge in [0.15, 0.2) is 17.4 Å². The molecule has 16 heteroatoms. The fourth-order valence-corrected chi connectivity index (χ4v) is 5.08. The van der Waals surface area contributed by atoms with E-state index in [1.54, 1.807) is 24.3 Å². The monoisotopic (exact) mass is 619 g/mol. The molecule has 1 unspecified atom stereocenters. The maximum atomic E-state index is 14.0. The quantitative estimate of drug-likeness (QED) is 0.283. The molecule has 0 bridgehead atoms. The van der Waals surface area contributed by atoms with Gasteiger partial charge in [0.2, 0.25) is 11.9 Å². The number of esters is 1. The van der Waals surface area contributed by atoms with Crippen molar-refractivity contribution in [2.75, 3.05) is 24.5 Å². The van der Waals surface area contributed by atoms with Gasteiger partial charge in [0.05, 0.1) is 17.3 Å². The third-order valence-corrected chi connectivity index (χ3v) is 7.10. The molecule has 2 aromatic carbocycles. The molecule has 3 heterocycles. The zero-order chi connectivity index (χ0) is 30.9. The van der Waals surface area contributed by atoms with Crippen LogP contribution in [0.4, 0.5) is 19.1 Å². The number of imidazole rings is 1. The minimum absolute atomic E-state index is 0.0215. The van der Waals surface area contributed by atoms with Gasteiger partial charge in [-0.25, -0.2) is 9.59 Å². The minimum Gasteiger partial charge on any atom is -0.438 e. The number of benzene rings is 2. The molecule has 1 fully saturated rings. The van der Waals surface area contributed by atoms with E-state index in [2.05, 4.69) is 15.0 Å². The number of ether oxygens (including phenoxy) is 1. The lowest BCUT2D eigenvalue weighted by atomic mass is 10.1. The highest BCUT2D eigenvalue weighted by Crippen LogP contribution is 2.30. The molecule has 1 saturated heterocycles. The van der Waals surface area contributed by atoms with Gasteiger partial charge in [0, 0.05) is 19.6 Å². The molecular weight excluding hydrogens is 595 g/mol. The molecule has 0 radical (unpaired) electrons. The number of hydrogen-bond acceptors (Lipinski definition) is 8. The number of nitrogens with one attached hydrogen (secondary N) is 1. The van der Waals surface area contributed by atoms with Crippen LogP contribution >= 0.6 is 11.6 Å². The molecule has 4 aromatic rings. The van der Waals surface area contributed by atoms with Crippen LogP contribution in [0.25, 0.3) is 16.9 Å². The molecule has 0 aliphatic carbocycles. The van der Waals surface area contributed by atoms with Crippen molar-refractivity contribution in [1.29, 1.82) is 0 Å². The van der Waals surface area contributed by atoms with Gasteiger partial charge in [-0.05, 0) is 24.1 Å². The summed E-state index contributed by atoms with van der Waals surface area (Å²) in [6, 6.07) is 15.6. The molecule has 226 valence electrons. The SMILES string of the molecule is NC(=O)Cn1c(=O)n(CCc2ccccc2)c(=O)c2c1nc(N1CCNC(OC(=O)C(F)(F)F)C1)n2-c1ccccc1Cl. The highest BCUT2D eigenvalue weighted by molar-refractivity contribution is 6.32. The fourth-order valence-electron chi connectivity index (χ4n) is 4.86. The molecule has 0 spiro atoms. The van der Waals surface area contributed by atoms with Gasteiger partial charge in [-0.2, -0.15) is 18.2 Å². The standard InChI is InChI=1S/C27H25ClF3N7O5/c28-17-8-4-5-9-18(17)38-21-22(34-25(38)35-13-11-33-20(15-35)43-24(41)27(29,30)31)37(14-19(32)39)26(42)36(23(21)40)12-10-16-6-2-1-3-7-16/h1-9,20,33H,10-15H2,(H2,32,39). The number of rotatable bonds is 8. The summed E-state index contributed by atoms with van der Waals surface area (Å²) < 4.78 is 46.6. The Balaban J connectivity index is 1.70. The molecule has 1 aliphatic rings. The van der Waals surface area contributed by atoms with Crippen molar-refractivity contribution in [3.63, 3.8) is 0 Å². The predicted octanol–water partition coefficient (Wildman–Crippen LogP) is 1.57. The highest BCUT2D eigenvalue weighted by Gasteiger charge is 2.43. The molecule has 5 rings (SSSR count). The first-order valence-electron chi connectivity index (χ1n) is 13.0. The fraction of sp³-hybridized carbons (Fsp3) is 0.296. The molecule has 2 aromatic heterocycles. The first-order chi connectivity index (χ1) is 20.5. The van der Waals surface area contributed by atoms with Gasteiger partial charge in [0.25, 0.3) is 5.56 Å². The van der Waals surface area contributed by atoms with Crippen molar-refractivity contribution in [1.82, 2.24) is 24.0 Å². The van der Waals surface area contributed by atoms with Crippen molar-refractivity contribution in [2.45, 2.75) is 31.9 Å². The number of fused-ring (bicyclic) bond motifs is 1. The first-order valence-corrected chi connectivity index (χ1v) is 13.4. The molecule has 0 saturated carbocycles. The van der Waals surface area contributed by atoms with Crippen LogP contribution < -0.4 is 27.2 Å². The van der Waals surface area contributed by atoms with Crippen LogP contribution in [0.3, 0.4) is 0 Å². The number of aromatic nitrogens is 4. The van der Waals surface area contributed by atoms with E-state index in [4.69, 9.17) is 17.3 Å². The van der Waals surface area contributed by atoms with E-state index in [-0.39, 0.29) is 54.0 Å². The largest absolute Gasteiger partial charge is 0.490 e. The number of amides is 1. The summed E-state index contributed by atoms with van der Waals surface area (Å²) in [7, 11) is 0. The number of anilines is 1. The van der Waals surface area contributed by atoms with Gasteiger partial charge in [0.1, 0.15) is 6.54 Å². The Labute approximate surface area is 246 Å². The zero-order valence-electron chi connectivity index (χ0n) is 22.4. The lowest BCUT2D eigenvalue weighted by molar-refractivity contribution is -0.206. The second-order valence-electron chi connectivity index (χ2n) is 9.69. The van der Waals surface area contributed by atoms with E-state index in [1.165, 1.54) is 9.47 Å². The Bertz CT molecular complexity index is 1800. The van der Waals surface area contributed by atoms with E-state index in [1.807, 2.05) is 30.3 Å². The van der Waals surface area contributed by atoms with Gasteiger partial charge < -0.3 is 15.4 Å². The van der Waals surface area contributed by atoms with Crippen molar-refractivity contribution >= 4 is 40.6 Å². The van der Waals surface area contributed by atoms with Crippen LogP contribution in [0.15, 0.2) is 64.2 Å². The average Bonchev–Trinajstić information content (AvgIpc) is 3.36. The number of alkyl halides is 3. The third kappa shape index (κ3) is 6.12. The Morgan fingerprint density at radius 1 is 1.07 bits per heavy atom. The van der Waals surface area contributed by atoms with Gasteiger partial charge >= 0.3 is 17.8 Å². The molecule has 1 amide bonds. The molecule has 3 N–H and O–H groups in total. The molecule has 1 atom stereocenters. The number of nitrogens with zero attached hydrogens (tertiary/aromatic N) is 5. The number of carbonyl (C=O) groups excluding carboxylic acids is 2. The van der Waals surface area contributed by atoms with E-state index < -0.39 is 42.1 Å². The van der Waals surface area contributed by atoms with Crippen LogP contribution in [-0.2, 0) is 33.8 Å². The summed E-state index contributed by atoms with van der Waals surface area (Å²) in [5.74, 6) is -3.22. The van der Waals surface area contributed by atoms with E-state index in [0.29, 0.717) is 6.42 Å². The summed E-state index contributed by atoms with van der Waals surface area (Å²) >= 11 is 6.54. The van der Waals surface area contributed by atoms with Crippen molar-refractivity contribution in [3.05, 3.63) is 86.0 Å². The average molecular weight is 620 g/mol. The number of primary amides is 1. The number of hydrogen-bond donors (Lipinski definition) is 2. The Kier molecular flexibility index (Phi) is 8.28. The topological polar surface area (TPSA) is 146 Å². The van der Waals surface area contributed by atoms with Crippen LogP contribution in [0, 0.1) is 0 Å². The van der Waals surface area contributed by atoms with Crippen LogP contribution in [0.1, 0.15) is 5.56 Å². The lowest BCUT2D eigenvalue weighted by Gasteiger charge is -2.34. The number of para-hydroxylation sites is 1. The third-order valence-electron chi connectivity index (χ3n) is 6.78. The van der Waals surface area contributed by atoms with Crippen LogP contribution in [-0.4, -0.2) is 62.6 Å². The van der Waals surface area contributed by atoms with Gasteiger partial charge in [-0.15, -0.1) is 0 Å². The number of nitrogens with two attached hydrogens (primary N) is 1. The minimum atomic E-state index is -5.20. The van der Waals surface area contributed by atoms with E-state index in [9.17, 15) is 32.3 Å². The maximum absolute atomic E-state index is 14.0. The van der Waals surface area contributed by atoms with Crippen LogP contribution in [0.2, 0.25) is 5.02 Å². The number of carbonyl (C=O) groups is 2. The number of halogens is 4. The molecule has 12 nitrogen and oxygen atoms in total. The van der Waals surface area contributed by atoms with E-state index >= 15 is 0 Å². The summed E-state index contributed by atoms with van der Waals surface area (Å²) in [6.07, 6.45) is -6.27. The summed E-state index contributed by atoms with van der Waals surface area (Å²) in [6.45, 7) is -0.694. The molecular formula is C27H25ClF3N7O5. The Hall–Kier alpha value is -4.63. The number of piperazine rings is 1. The van der Waals surface area contributed by atoms with Crippen molar-refractivity contribution in [2.24, 2.45) is 5.73 Å². The zero-order valence-corrected chi connectivity index (χ0v) is 23.1. The summed E-state index contributed by atoms with van der Waals surface area (Å²) in [5, 5.41) is 2.89. The highest BCUT2D eigenvalue weighted by atomic mass is 35.5. The summed E-state index contributed by atoms with van der Waals surface area (Å²) in [5.41, 5.74) is 4.75. The number of aryl methyl sites for hydroxylation is 1. The van der Waals surface area contributed by atoms with Crippen LogP contribution in [0.5, 0.6) is 0 Å². The van der Waals surface area contributed by atoms with Crippen molar-refractivity contribution in [3.8, 4) is 5.69 Å². The van der Waals surface area contributed by atoms with E-state index in [0.717, 1.165) is 14.7 Å². The Morgan fingerprint density at radius 2 is 1.77 bits per heavy atom. The second kappa shape index (κ2) is 11.9. The molecule has 1 aliphatic heterocycles. The summed E-state index contributed by atoms with van der Waals surface area (Å²) in [4.78, 5) is 57.2. The van der Waals surface area contributed by atoms with Gasteiger partial charge in [-0.3, -0.25) is 28.6 Å².